The molecule has 1 unspecified atom stereocenters. The first-order valence-corrected chi connectivity index (χ1v) is 7.13. The van der Waals surface area contributed by atoms with Crippen LogP contribution in [0.1, 0.15) is 34.6 Å². The summed E-state index contributed by atoms with van der Waals surface area (Å²) >= 11 is 0. The molecule has 112 valence electrons. The number of rotatable bonds is 5. The van der Waals surface area contributed by atoms with Crippen LogP contribution in [0.2, 0.25) is 0 Å². The molecule has 1 amide bonds. The largest absolute Gasteiger partial charge is 0.467 e. The van der Waals surface area contributed by atoms with E-state index in [1.807, 2.05) is 60.3 Å². The number of furan rings is 1. The Balaban J connectivity index is 1.63. The van der Waals surface area contributed by atoms with Gasteiger partial charge in [-0.15, -0.1) is 0 Å². The van der Waals surface area contributed by atoms with Crippen LogP contribution < -0.4 is 5.32 Å². The lowest BCUT2D eigenvalue weighted by Gasteiger charge is -2.11. The predicted molar refractivity (Wildman–Crippen MR) is 82.4 cm³/mol. The zero-order chi connectivity index (χ0) is 15.4. The van der Waals surface area contributed by atoms with Gasteiger partial charge in [-0.25, -0.2) is 0 Å². The Morgan fingerprint density at radius 1 is 1.27 bits per heavy atom. The van der Waals surface area contributed by atoms with Gasteiger partial charge in [0, 0.05) is 18.0 Å². The van der Waals surface area contributed by atoms with Crippen molar-refractivity contribution in [3.05, 3.63) is 78.0 Å². The number of carbonyl (C=O) groups is 1. The number of benzene rings is 1. The Bertz CT molecular complexity index is 716. The first-order chi connectivity index (χ1) is 10.7. The molecule has 1 atom stereocenters. The summed E-state index contributed by atoms with van der Waals surface area (Å²) in [6.07, 6.45) is 5.26. The maximum atomic E-state index is 12.2. The first kappa shape index (κ1) is 14.1. The van der Waals surface area contributed by atoms with Gasteiger partial charge in [0.05, 0.1) is 18.8 Å². The second-order valence-corrected chi connectivity index (χ2v) is 5.11. The summed E-state index contributed by atoms with van der Waals surface area (Å²) in [4.78, 5) is 12.2. The average Bonchev–Trinajstić information content (AvgIpc) is 3.21. The van der Waals surface area contributed by atoms with Crippen molar-refractivity contribution in [3.8, 4) is 0 Å². The summed E-state index contributed by atoms with van der Waals surface area (Å²) in [7, 11) is 0. The zero-order valence-corrected chi connectivity index (χ0v) is 12.3. The number of carbonyl (C=O) groups excluding carboxylic acids is 1. The molecule has 0 fully saturated rings. The molecular weight excluding hydrogens is 278 g/mol. The van der Waals surface area contributed by atoms with Crippen molar-refractivity contribution < 1.29 is 9.21 Å². The van der Waals surface area contributed by atoms with Crippen molar-refractivity contribution in [2.24, 2.45) is 0 Å². The topological polar surface area (TPSA) is 60.1 Å². The molecule has 2 aromatic heterocycles. The van der Waals surface area contributed by atoms with Crippen LogP contribution in [0.25, 0.3) is 0 Å². The molecule has 5 heteroatoms. The molecular formula is C17H17N3O2. The van der Waals surface area contributed by atoms with E-state index in [-0.39, 0.29) is 11.9 Å². The third kappa shape index (κ3) is 3.25. The number of amides is 1. The molecule has 0 saturated heterocycles. The maximum absolute atomic E-state index is 12.2. The van der Waals surface area contributed by atoms with Crippen molar-refractivity contribution >= 4 is 5.91 Å². The lowest BCUT2D eigenvalue weighted by molar-refractivity contribution is 0.0935. The Morgan fingerprint density at radius 3 is 2.73 bits per heavy atom. The number of hydrogen-bond acceptors (Lipinski definition) is 3. The highest BCUT2D eigenvalue weighted by Gasteiger charge is 2.13. The molecule has 1 aromatic carbocycles. The Labute approximate surface area is 128 Å². The van der Waals surface area contributed by atoms with Gasteiger partial charge >= 0.3 is 0 Å². The number of nitrogens with one attached hydrogen (secondary N) is 1. The molecule has 0 radical (unpaired) electrons. The minimum atomic E-state index is -0.161. The van der Waals surface area contributed by atoms with Crippen LogP contribution in [0, 0.1) is 0 Å². The minimum Gasteiger partial charge on any atom is -0.467 e. The van der Waals surface area contributed by atoms with Crippen LogP contribution in [0.4, 0.5) is 0 Å². The lowest BCUT2D eigenvalue weighted by atomic mass is 10.1. The van der Waals surface area contributed by atoms with Crippen LogP contribution in [-0.2, 0) is 6.54 Å². The molecule has 5 nitrogen and oxygen atoms in total. The Hall–Kier alpha value is -2.82. The van der Waals surface area contributed by atoms with Crippen LogP contribution in [0.5, 0.6) is 0 Å². The van der Waals surface area contributed by atoms with E-state index in [1.165, 1.54) is 0 Å². The molecule has 0 aliphatic heterocycles. The lowest BCUT2D eigenvalue weighted by Crippen LogP contribution is -2.26. The monoisotopic (exact) mass is 295 g/mol. The van der Waals surface area contributed by atoms with Crippen LogP contribution in [0.3, 0.4) is 0 Å². The standard InChI is InChI=1S/C17H17N3O2/c1-13(16-4-2-11-22-16)19-17(21)15-7-5-14(6-8-15)12-20-10-3-9-18-20/h2-11,13H,12H2,1H3,(H,19,21). The number of hydrogen-bond donors (Lipinski definition) is 1. The van der Waals surface area contributed by atoms with Crippen molar-refractivity contribution in [2.45, 2.75) is 19.5 Å². The van der Waals surface area contributed by atoms with E-state index < -0.39 is 0 Å². The highest BCUT2D eigenvalue weighted by Crippen LogP contribution is 2.13. The zero-order valence-electron chi connectivity index (χ0n) is 12.3. The first-order valence-electron chi connectivity index (χ1n) is 7.13. The smallest absolute Gasteiger partial charge is 0.251 e. The minimum absolute atomic E-state index is 0.116. The van der Waals surface area contributed by atoms with Crippen molar-refractivity contribution in [2.75, 3.05) is 0 Å². The third-order valence-electron chi connectivity index (χ3n) is 3.44. The summed E-state index contributed by atoms with van der Waals surface area (Å²) < 4.78 is 7.13. The second kappa shape index (κ2) is 6.30. The van der Waals surface area contributed by atoms with Gasteiger partial charge in [0.2, 0.25) is 0 Å². The molecule has 0 saturated carbocycles. The normalized spacial score (nSPS) is 12.0. The Morgan fingerprint density at radius 2 is 2.09 bits per heavy atom. The SMILES string of the molecule is CC(NC(=O)c1ccc(Cn2cccn2)cc1)c1ccco1. The quantitative estimate of drug-likeness (QED) is 0.787. The highest BCUT2D eigenvalue weighted by molar-refractivity contribution is 5.94. The van der Waals surface area contributed by atoms with Crippen LogP contribution >= 0.6 is 0 Å². The summed E-state index contributed by atoms with van der Waals surface area (Å²) in [5, 5.41) is 7.08. The Kier molecular flexibility index (Phi) is 4.05. The van der Waals surface area contributed by atoms with Gasteiger partial charge in [-0.1, -0.05) is 12.1 Å². The molecule has 3 aromatic rings. The highest BCUT2D eigenvalue weighted by atomic mass is 16.3. The van der Waals surface area contributed by atoms with Gasteiger partial charge in [0.1, 0.15) is 5.76 Å². The molecule has 0 bridgehead atoms. The molecule has 0 aliphatic carbocycles. The van der Waals surface area contributed by atoms with E-state index >= 15 is 0 Å². The van der Waals surface area contributed by atoms with Gasteiger partial charge < -0.3 is 9.73 Å². The average molecular weight is 295 g/mol. The molecule has 2 heterocycles. The number of nitrogens with zero attached hydrogens (tertiary/aromatic N) is 2. The maximum Gasteiger partial charge on any atom is 0.251 e. The second-order valence-electron chi connectivity index (χ2n) is 5.11. The summed E-state index contributed by atoms with van der Waals surface area (Å²) in [5.74, 6) is 0.623. The van der Waals surface area contributed by atoms with Crippen LogP contribution in [-0.4, -0.2) is 15.7 Å². The van der Waals surface area contributed by atoms with E-state index in [2.05, 4.69) is 10.4 Å². The van der Waals surface area contributed by atoms with E-state index in [0.29, 0.717) is 12.1 Å². The van der Waals surface area contributed by atoms with Gasteiger partial charge in [-0.2, -0.15) is 5.10 Å². The van der Waals surface area contributed by atoms with E-state index in [0.717, 1.165) is 11.3 Å². The molecule has 0 aliphatic rings. The van der Waals surface area contributed by atoms with Crippen LogP contribution in [0.15, 0.2) is 65.5 Å². The molecule has 22 heavy (non-hydrogen) atoms. The number of aromatic nitrogens is 2. The third-order valence-corrected chi connectivity index (χ3v) is 3.44. The fourth-order valence-corrected chi connectivity index (χ4v) is 2.23. The molecule has 3 rings (SSSR count). The summed E-state index contributed by atoms with van der Waals surface area (Å²) in [5.41, 5.74) is 1.72. The van der Waals surface area contributed by atoms with Crippen molar-refractivity contribution in [1.82, 2.24) is 15.1 Å². The van der Waals surface area contributed by atoms with Gasteiger partial charge in [-0.05, 0) is 42.8 Å². The van der Waals surface area contributed by atoms with E-state index in [4.69, 9.17) is 4.42 Å². The van der Waals surface area contributed by atoms with Gasteiger partial charge in [0.15, 0.2) is 0 Å². The molecule has 1 N–H and O–H groups in total. The summed E-state index contributed by atoms with van der Waals surface area (Å²) in [6, 6.07) is 12.9. The van der Waals surface area contributed by atoms with E-state index in [9.17, 15) is 4.79 Å². The fourth-order valence-electron chi connectivity index (χ4n) is 2.23. The molecule has 0 spiro atoms. The van der Waals surface area contributed by atoms with Gasteiger partial charge in [-0.3, -0.25) is 9.48 Å². The van der Waals surface area contributed by atoms with E-state index in [1.54, 1.807) is 12.5 Å². The van der Waals surface area contributed by atoms with Gasteiger partial charge in [0.25, 0.3) is 5.91 Å². The predicted octanol–water partition coefficient (Wildman–Crippen LogP) is 3.02. The van der Waals surface area contributed by atoms with Crippen molar-refractivity contribution in [1.29, 1.82) is 0 Å². The summed E-state index contributed by atoms with van der Waals surface area (Å²) in [6.45, 7) is 2.58. The fraction of sp³-hybridized carbons (Fsp3) is 0.176. The van der Waals surface area contributed by atoms with Crippen molar-refractivity contribution in [3.63, 3.8) is 0 Å².